The van der Waals surface area contributed by atoms with Crippen LogP contribution in [0.25, 0.3) is 0 Å². The van der Waals surface area contributed by atoms with Crippen molar-refractivity contribution in [2.24, 2.45) is 7.05 Å². The van der Waals surface area contributed by atoms with Crippen molar-refractivity contribution >= 4 is 0 Å². The fraction of sp³-hybridized carbons (Fsp3) is 0.786. The van der Waals surface area contributed by atoms with Crippen LogP contribution < -0.4 is 5.32 Å². The number of nitrogens with one attached hydrogen (secondary N) is 1. The van der Waals surface area contributed by atoms with Crippen molar-refractivity contribution in [3.63, 3.8) is 0 Å². The first-order valence-corrected chi connectivity index (χ1v) is 6.93. The first-order chi connectivity index (χ1) is 8.57. The van der Waals surface area contributed by atoms with Gasteiger partial charge < -0.3 is 10.1 Å². The third-order valence-corrected chi connectivity index (χ3v) is 3.44. The van der Waals surface area contributed by atoms with Gasteiger partial charge in [-0.3, -0.25) is 4.68 Å². The zero-order valence-electron chi connectivity index (χ0n) is 12.4. The zero-order valence-corrected chi connectivity index (χ0v) is 12.4. The Kier molecular flexibility index (Phi) is 5.82. The van der Waals surface area contributed by atoms with E-state index >= 15 is 0 Å². The van der Waals surface area contributed by atoms with Gasteiger partial charge in [0.1, 0.15) is 0 Å². The standard InChI is InChI=1S/C14H27N3O/c1-6-9-15-13(12-10-16-17(5)11-12)14(4,7-2)18-8-3/h10-11,13,15H,6-9H2,1-5H3. The Labute approximate surface area is 111 Å². The molecule has 2 unspecified atom stereocenters. The summed E-state index contributed by atoms with van der Waals surface area (Å²) in [6.07, 6.45) is 6.08. The van der Waals surface area contributed by atoms with Gasteiger partial charge in [-0.1, -0.05) is 13.8 Å². The SMILES string of the molecule is CCCNC(c1cnn(C)c1)C(C)(CC)OCC. The Morgan fingerprint density at radius 3 is 2.61 bits per heavy atom. The smallest absolute Gasteiger partial charge is 0.0846 e. The summed E-state index contributed by atoms with van der Waals surface area (Å²) in [5, 5.41) is 7.87. The molecule has 4 heteroatoms. The molecule has 0 aliphatic rings. The highest BCUT2D eigenvalue weighted by Gasteiger charge is 2.34. The highest BCUT2D eigenvalue weighted by atomic mass is 16.5. The van der Waals surface area contributed by atoms with E-state index in [0.29, 0.717) is 0 Å². The van der Waals surface area contributed by atoms with Gasteiger partial charge in [0.2, 0.25) is 0 Å². The van der Waals surface area contributed by atoms with Crippen molar-refractivity contribution in [2.45, 2.75) is 52.2 Å². The van der Waals surface area contributed by atoms with Crippen LogP contribution in [0.3, 0.4) is 0 Å². The molecule has 0 aliphatic heterocycles. The maximum absolute atomic E-state index is 6.00. The Hall–Kier alpha value is -0.870. The summed E-state index contributed by atoms with van der Waals surface area (Å²) in [7, 11) is 1.95. The maximum atomic E-state index is 6.00. The zero-order chi connectivity index (χ0) is 13.6. The molecule has 0 saturated heterocycles. The van der Waals surface area contributed by atoms with Crippen LogP contribution in [0, 0.1) is 0 Å². The minimum absolute atomic E-state index is 0.188. The van der Waals surface area contributed by atoms with Gasteiger partial charge in [0.25, 0.3) is 0 Å². The van der Waals surface area contributed by atoms with Gasteiger partial charge in [0, 0.05) is 25.4 Å². The second kappa shape index (κ2) is 6.90. The van der Waals surface area contributed by atoms with Gasteiger partial charge >= 0.3 is 0 Å². The van der Waals surface area contributed by atoms with E-state index in [-0.39, 0.29) is 11.6 Å². The van der Waals surface area contributed by atoms with Crippen molar-refractivity contribution < 1.29 is 4.74 Å². The number of hydrogen-bond acceptors (Lipinski definition) is 3. The van der Waals surface area contributed by atoms with Crippen molar-refractivity contribution in [3.8, 4) is 0 Å². The summed E-state index contributed by atoms with van der Waals surface area (Å²) in [6.45, 7) is 10.3. The Balaban J connectivity index is 2.95. The van der Waals surface area contributed by atoms with E-state index in [9.17, 15) is 0 Å². The Morgan fingerprint density at radius 2 is 2.17 bits per heavy atom. The first-order valence-electron chi connectivity index (χ1n) is 6.93. The summed E-state index contributed by atoms with van der Waals surface area (Å²) in [4.78, 5) is 0. The summed E-state index contributed by atoms with van der Waals surface area (Å²) < 4.78 is 7.85. The maximum Gasteiger partial charge on any atom is 0.0846 e. The molecule has 2 atom stereocenters. The molecule has 0 bridgehead atoms. The highest BCUT2D eigenvalue weighted by Crippen LogP contribution is 2.32. The van der Waals surface area contributed by atoms with E-state index in [2.05, 4.69) is 37.4 Å². The number of rotatable bonds is 8. The Bertz CT molecular complexity index is 351. The lowest BCUT2D eigenvalue weighted by molar-refractivity contribution is -0.0563. The van der Waals surface area contributed by atoms with E-state index in [4.69, 9.17) is 4.74 Å². The van der Waals surface area contributed by atoms with Crippen LogP contribution in [0.1, 0.15) is 52.1 Å². The molecule has 0 saturated carbocycles. The molecule has 18 heavy (non-hydrogen) atoms. The third-order valence-electron chi connectivity index (χ3n) is 3.44. The quantitative estimate of drug-likeness (QED) is 0.774. The second-order valence-electron chi connectivity index (χ2n) is 4.93. The first kappa shape index (κ1) is 15.2. The van der Waals surface area contributed by atoms with E-state index in [0.717, 1.165) is 26.0 Å². The molecular formula is C14H27N3O. The van der Waals surface area contributed by atoms with Gasteiger partial charge in [0.15, 0.2) is 0 Å². The number of ether oxygens (including phenoxy) is 1. The molecule has 1 rings (SSSR count). The Morgan fingerprint density at radius 1 is 1.44 bits per heavy atom. The number of nitrogens with zero attached hydrogens (tertiary/aromatic N) is 2. The predicted molar refractivity (Wildman–Crippen MR) is 74.6 cm³/mol. The van der Waals surface area contributed by atoms with Gasteiger partial charge in [-0.15, -0.1) is 0 Å². The monoisotopic (exact) mass is 253 g/mol. The lowest BCUT2D eigenvalue weighted by Gasteiger charge is -2.37. The molecule has 0 aliphatic carbocycles. The van der Waals surface area contributed by atoms with Crippen LogP contribution >= 0.6 is 0 Å². The summed E-state index contributed by atoms with van der Waals surface area (Å²) in [5.74, 6) is 0. The largest absolute Gasteiger partial charge is 0.374 e. The molecule has 1 N–H and O–H groups in total. The molecular weight excluding hydrogens is 226 g/mol. The molecule has 0 aromatic carbocycles. The number of hydrogen-bond donors (Lipinski definition) is 1. The summed E-state index contributed by atoms with van der Waals surface area (Å²) in [6, 6.07) is 0.191. The third kappa shape index (κ3) is 3.56. The van der Waals surface area contributed by atoms with Crippen LogP contribution in [-0.4, -0.2) is 28.5 Å². The average Bonchev–Trinajstić information content (AvgIpc) is 2.76. The van der Waals surface area contributed by atoms with Crippen molar-refractivity contribution in [3.05, 3.63) is 18.0 Å². The lowest BCUT2D eigenvalue weighted by atomic mass is 9.89. The minimum Gasteiger partial charge on any atom is -0.374 e. The van der Waals surface area contributed by atoms with Crippen molar-refractivity contribution in [1.82, 2.24) is 15.1 Å². The summed E-state index contributed by atoms with van der Waals surface area (Å²) in [5.41, 5.74) is 1.01. The fourth-order valence-electron chi connectivity index (χ4n) is 2.28. The van der Waals surface area contributed by atoms with Crippen LogP contribution in [0.2, 0.25) is 0 Å². The molecule has 1 aromatic rings. The van der Waals surface area contributed by atoms with E-state index < -0.39 is 0 Å². The van der Waals surface area contributed by atoms with Gasteiger partial charge in [0.05, 0.1) is 17.8 Å². The molecule has 0 fully saturated rings. The number of aryl methyl sites for hydroxylation is 1. The lowest BCUT2D eigenvalue weighted by Crippen LogP contribution is -2.43. The molecule has 0 spiro atoms. The second-order valence-corrected chi connectivity index (χ2v) is 4.93. The molecule has 1 heterocycles. The molecule has 0 radical (unpaired) electrons. The topological polar surface area (TPSA) is 39.1 Å². The van der Waals surface area contributed by atoms with Crippen molar-refractivity contribution in [1.29, 1.82) is 0 Å². The van der Waals surface area contributed by atoms with Gasteiger partial charge in [-0.05, 0) is 33.2 Å². The molecule has 1 aromatic heterocycles. The molecule has 4 nitrogen and oxygen atoms in total. The van der Waals surface area contributed by atoms with Crippen LogP contribution in [-0.2, 0) is 11.8 Å². The van der Waals surface area contributed by atoms with Gasteiger partial charge in [-0.2, -0.15) is 5.10 Å². The van der Waals surface area contributed by atoms with E-state index in [1.165, 1.54) is 5.56 Å². The highest BCUT2D eigenvalue weighted by molar-refractivity contribution is 5.15. The summed E-state index contributed by atoms with van der Waals surface area (Å²) >= 11 is 0. The predicted octanol–water partition coefficient (Wildman–Crippen LogP) is 2.67. The normalized spacial score (nSPS) is 16.5. The van der Waals surface area contributed by atoms with E-state index in [1.807, 2.05) is 24.9 Å². The fourth-order valence-corrected chi connectivity index (χ4v) is 2.28. The van der Waals surface area contributed by atoms with Gasteiger partial charge in [-0.25, -0.2) is 0 Å². The van der Waals surface area contributed by atoms with Crippen LogP contribution in [0.5, 0.6) is 0 Å². The van der Waals surface area contributed by atoms with Crippen LogP contribution in [0.4, 0.5) is 0 Å². The molecule has 104 valence electrons. The van der Waals surface area contributed by atoms with Crippen molar-refractivity contribution in [2.75, 3.05) is 13.2 Å². The van der Waals surface area contributed by atoms with Crippen LogP contribution in [0.15, 0.2) is 12.4 Å². The number of aromatic nitrogens is 2. The molecule has 0 amide bonds. The average molecular weight is 253 g/mol. The van der Waals surface area contributed by atoms with E-state index in [1.54, 1.807) is 0 Å². The minimum atomic E-state index is -0.188.